The molecule has 8 heteroatoms. The maximum absolute atomic E-state index is 11.9. The minimum Gasteiger partial charge on any atom is -0.481 e. The minimum absolute atomic E-state index is 0.0554. The topological polar surface area (TPSA) is 95.9 Å². The molecule has 2 N–H and O–H groups in total. The molecule has 7 nitrogen and oxygen atoms in total. The van der Waals surface area contributed by atoms with Crippen LogP contribution in [0.3, 0.4) is 0 Å². The number of ether oxygens (including phenoxy) is 1. The normalized spacial score (nSPS) is 19.4. The third kappa shape index (κ3) is 4.19. The molecular formula is C10H16N2O5S. The quantitative estimate of drug-likeness (QED) is 0.653. The van der Waals surface area contributed by atoms with Gasteiger partial charge >= 0.3 is 5.97 Å². The van der Waals surface area contributed by atoms with Crippen molar-refractivity contribution in [1.29, 1.82) is 0 Å². The highest BCUT2D eigenvalue weighted by Crippen LogP contribution is 2.10. The molecule has 18 heavy (non-hydrogen) atoms. The van der Waals surface area contributed by atoms with Gasteiger partial charge < -0.3 is 20.1 Å². The van der Waals surface area contributed by atoms with E-state index in [-0.39, 0.29) is 29.9 Å². The van der Waals surface area contributed by atoms with Crippen LogP contribution in [-0.4, -0.2) is 72.1 Å². The lowest BCUT2D eigenvalue weighted by Gasteiger charge is -2.34. The largest absolute Gasteiger partial charge is 0.481 e. The number of nitrogens with zero attached hydrogens (tertiary/aromatic N) is 1. The summed E-state index contributed by atoms with van der Waals surface area (Å²) in [7, 11) is 1.50. The molecule has 2 amide bonds. The second-order valence-electron chi connectivity index (χ2n) is 3.68. The number of carboxylic acid groups (broad SMARTS) is 1. The molecule has 1 atom stereocenters. The first-order chi connectivity index (χ1) is 8.56. The van der Waals surface area contributed by atoms with Crippen LogP contribution in [0.1, 0.15) is 0 Å². The number of aliphatic carboxylic acids is 1. The molecule has 1 heterocycles. The van der Waals surface area contributed by atoms with Gasteiger partial charge in [0.2, 0.25) is 11.8 Å². The number of likely N-dealkylation sites (N-methyl/N-ethyl adjacent to an activating group) is 1. The Kier molecular flexibility index (Phi) is 5.93. The zero-order valence-electron chi connectivity index (χ0n) is 10.0. The van der Waals surface area contributed by atoms with Gasteiger partial charge in [-0.3, -0.25) is 14.4 Å². The van der Waals surface area contributed by atoms with Gasteiger partial charge in [0.25, 0.3) is 0 Å². The van der Waals surface area contributed by atoms with Gasteiger partial charge in [0.15, 0.2) is 0 Å². The number of thioether (sulfide) groups is 1. The molecule has 0 aromatic heterocycles. The number of carbonyl (C=O) groups excluding carboxylic acids is 2. The fourth-order valence-electron chi connectivity index (χ4n) is 1.59. The third-order valence-electron chi connectivity index (χ3n) is 2.45. The van der Waals surface area contributed by atoms with Crippen molar-refractivity contribution in [3.8, 4) is 0 Å². The van der Waals surface area contributed by atoms with Crippen LogP contribution in [0.5, 0.6) is 0 Å². The zero-order valence-corrected chi connectivity index (χ0v) is 10.9. The molecule has 0 aromatic carbocycles. The van der Waals surface area contributed by atoms with E-state index >= 15 is 0 Å². The Hall–Kier alpha value is -1.28. The Morgan fingerprint density at radius 2 is 2.17 bits per heavy atom. The monoisotopic (exact) mass is 276 g/mol. The molecule has 0 saturated carbocycles. The van der Waals surface area contributed by atoms with E-state index in [2.05, 4.69) is 5.32 Å². The van der Waals surface area contributed by atoms with Crippen LogP contribution < -0.4 is 5.32 Å². The second-order valence-corrected chi connectivity index (χ2v) is 4.66. The van der Waals surface area contributed by atoms with Crippen molar-refractivity contribution in [3.63, 3.8) is 0 Å². The van der Waals surface area contributed by atoms with Gasteiger partial charge in [-0.1, -0.05) is 0 Å². The zero-order chi connectivity index (χ0) is 13.5. The summed E-state index contributed by atoms with van der Waals surface area (Å²) < 4.78 is 5.17. The number of morpholine rings is 1. The summed E-state index contributed by atoms with van der Waals surface area (Å²) in [5.74, 6) is -1.54. The molecule has 1 saturated heterocycles. The fourth-order valence-corrected chi connectivity index (χ4v) is 2.21. The summed E-state index contributed by atoms with van der Waals surface area (Å²) in [6, 6.07) is -0.623. The molecular weight excluding hydrogens is 260 g/mol. The van der Waals surface area contributed by atoms with Crippen molar-refractivity contribution in [1.82, 2.24) is 10.2 Å². The van der Waals surface area contributed by atoms with E-state index in [9.17, 15) is 14.4 Å². The van der Waals surface area contributed by atoms with Gasteiger partial charge in [-0.05, 0) is 0 Å². The molecule has 0 radical (unpaired) electrons. The van der Waals surface area contributed by atoms with Crippen molar-refractivity contribution in [2.45, 2.75) is 6.04 Å². The maximum Gasteiger partial charge on any atom is 0.313 e. The number of carbonyl (C=O) groups is 3. The summed E-state index contributed by atoms with van der Waals surface area (Å²) in [6.45, 7) is 0.919. The minimum atomic E-state index is -0.961. The number of hydrogen-bond donors (Lipinski definition) is 2. The molecule has 0 aliphatic carbocycles. The van der Waals surface area contributed by atoms with E-state index in [0.29, 0.717) is 13.2 Å². The highest BCUT2D eigenvalue weighted by molar-refractivity contribution is 8.00. The molecule has 0 spiro atoms. The Bertz CT molecular complexity index is 336. The molecule has 1 fully saturated rings. The number of amides is 2. The molecule has 1 rings (SSSR count). The van der Waals surface area contributed by atoms with Gasteiger partial charge in [0, 0.05) is 13.6 Å². The molecule has 1 aliphatic rings. The van der Waals surface area contributed by atoms with Crippen LogP contribution in [0.25, 0.3) is 0 Å². The summed E-state index contributed by atoms with van der Waals surface area (Å²) in [4.78, 5) is 35.3. The number of rotatable bonds is 5. The standard InChI is InChI=1S/C10H16N2O5S/c1-11-10(16)7-4-17-3-2-12(7)8(13)5-18-6-9(14)15/h7H,2-6H2,1H3,(H,11,16)(H,14,15). The first kappa shape index (κ1) is 14.8. The first-order valence-electron chi connectivity index (χ1n) is 5.44. The number of hydrogen-bond acceptors (Lipinski definition) is 5. The predicted molar refractivity (Wildman–Crippen MR) is 65.3 cm³/mol. The average Bonchev–Trinajstić information content (AvgIpc) is 2.37. The molecule has 1 aliphatic heterocycles. The first-order valence-corrected chi connectivity index (χ1v) is 6.60. The maximum atomic E-state index is 11.9. The highest BCUT2D eigenvalue weighted by Gasteiger charge is 2.31. The molecule has 0 aromatic rings. The van der Waals surface area contributed by atoms with Gasteiger partial charge in [-0.15, -0.1) is 11.8 Å². The molecule has 0 bridgehead atoms. The lowest BCUT2D eigenvalue weighted by Crippen LogP contribution is -2.55. The van der Waals surface area contributed by atoms with Crippen molar-refractivity contribution in [2.75, 3.05) is 38.3 Å². The lowest BCUT2D eigenvalue weighted by atomic mass is 10.2. The van der Waals surface area contributed by atoms with E-state index in [1.807, 2.05) is 0 Å². The SMILES string of the molecule is CNC(=O)C1COCCN1C(=O)CSCC(=O)O. The summed E-state index contributed by atoms with van der Waals surface area (Å²) in [5.41, 5.74) is 0. The van der Waals surface area contributed by atoms with Crippen molar-refractivity contribution in [3.05, 3.63) is 0 Å². The van der Waals surface area contributed by atoms with E-state index < -0.39 is 12.0 Å². The second kappa shape index (κ2) is 7.22. The van der Waals surface area contributed by atoms with E-state index in [1.54, 1.807) is 0 Å². The lowest BCUT2D eigenvalue weighted by molar-refractivity contribution is -0.146. The van der Waals surface area contributed by atoms with E-state index in [1.165, 1.54) is 11.9 Å². The predicted octanol–water partition coefficient (Wildman–Crippen LogP) is -1.22. The average molecular weight is 276 g/mol. The van der Waals surface area contributed by atoms with Gasteiger partial charge in [-0.25, -0.2) is 0 Å². The smallest absolute Gasteiger partial charge is 0.313 e. The van der Waals surface area contributed by atoms with Crippen molar-refractivity contribution < 1.29 is 24.2 Å². The summed E-state index contributed by atoms with van der Waals surface area (Å²) in [6.07, 6.45) is 0. The van der Waals surface area contributed by atoms with Crippen LogP contribution >= 0.6 is 11.8 Å². The van der Waals surface area contributed by atoms with Gasteiger partial charge in [0.1, 0.15) is 6.04 Å². The third-order valence-corrected chi connectivity index (χ3v) is 3.35. The van der Waals surface area contributed by atoms with Gasteiger partial charge in [0.05, 0.1) is 24.7 Å². The van der Waals surface area contributed by atoms with Crippen LogP contribution in [-0.2, 0) is 19.1 Å². The van der Waals surface area contributed by atoms with Crippen LogP contribution in [0.15, 0.2) is 0 Å². The van der Waals surface area contributed by atoms with Crippen molar-refractivity contribution >= 4 is 29.5 Å². The fraction of sp³-hybridized carbons (Fsp3) is 0.700. The molecule has 1 unspecified atom stereocenters. The molecule has 102 valence electrons. The van der Waals surface area contributed by atoms with E-state index in [4.69, 9.17) is 9.84 Å². The Labute approximate surface area is 109 Å². The summed E-state index contributed by atoms with van der Waals surface area (Å²) in [5, 5.41) is 11.0. The van der Waals surface area contributed by atoms with Crippen LogP contribution in [0.2, 0.25) is 0 Å². The van der Waals surface area contributed by atoms with Crippen molar-refractivity contribution in [2.24, 2.45) is 0 Å². The van der Waals surface area contributed by atoms with Crippen LogP contribution in [0, 0.1) is 0 Å². The highest BCUT2D eigenvalue weighted by atomic mass is 32.2. The Balaban J connectivity index is 2.52. The van der Waals surface area contributed by atoms with E-state index in [0.717, 1.165) is 11.8 Å². The Morgan fingerprint density at radius 3 is 2.78 bits per heavy atom. The number of carboxylic acids is 1. The Morgan fingerprint density at radius 1 is 1.44 bits per heavy atom. The van der Waals surface area contributed by atoms with Crippen LogP contribution in [0.4, 0.5) is 0 Å². The number of nitrogens with one attached hydrogen (secondary N) is 1. The van der Waals surface area contributed by atoms with Gasteiger partial charge in [-0.2, -0.15) is 0 Å². The summed E-state index contributed by atoms with van der Waals surface area (Å²) >= 11 is 1.02.